The van der Waals surface area contributed by atoms with Gasteiger partial charge in [-0.05, 0) is 17.7 Å². The van der Waals surface area contributed by atoms with Crippen LogP contribution in [0.4, 0.5) is 0 Å². The van der Waals surface area contributed by atoms with Crippen molar-refractivity contribution in [3.63, 3.8) is 0 Å². The van der Waals surface area contributed by atoms with E-state index in [1.54, 1.807) is 11.8 Å². The fourth-order valence-electron chi connectivity index (χ4n) is 1.40. The number of thioether (sulfide) groups is 1. The lowest BCUT2D eigenvalue weighted by Gasteiger charge is -2.06. The predicted octanol–water partition coefficient (Wildman–Crippen LogP) is 1.84. The Balaban J connectivity index is 2.47. The molecule has 0 aromatic heterocycles. The van der Waals surface area contributed by atoms with E-state index >= 15 is 0 Å². The zero-order valence-corrected chi connectivity index (χ0v) is 11.1. The van der Waals surface area contributed by atoms with Crippen LogP contribution in [0.15, 0.2) is 29.2 Å². The van der Waals surface area contributed by atoms with Crippen molar-refractivity contribution in [1.29, 1.82) is 0 Å². The lowest BCUT2D eigenvalue weighted by molar-refractivity contribution is -0.120. The van der Waals surface area contributed by atoms with Crippen LogP contribution in [-0.2, 0) is 11.2 Å². The number of benzene rings is 1. The number of aliphatic hydroxyl groups is 1. The molecule has 0 radical (unpaired) electrons. The molecule has 0 spiro atoms. The highest BCUT2D eigenvalue weighted by molar-refractivity contribution is 7.99. The lowest BCUT2D eigenvalue weighted by atomic mass is 10.1. The van der Waals surface area contributed by atoms with Crippen molar-refractivity contribution in [3.05, 3.63) is 29.8 Å². The smallest absolute Gasteiger partial charge is 0.224 e. The maximum absolute atomic E-state index is 11.4. The van der Waals surface area contributed by atoms with Crippen LogP contribution in [0.2, 0.25) is 0 Å². The van der Waals surface area contributed by atoms with Crippen molar-refractivity contribution in [2.24, 2.45) is 0 Å². The van der Waals surface area contributed by atoms with Crippen LogP contribution in [0.5, 0.6) is 0 Å². The largest absolute Gasteiger partial charge is 0.395 e. The van der Waals surface area contributed by atoms with Gasteiger partial charge < -0.3 is 10.4 Å². The first-order valence-electron chi connectivity index (χ1n) is 5.75. The minimum Gasteiger partial charge on any atom is -0.395 e. The Hall–Kier alpha value is -1.00. The Morgan fingerprint density at radius 1 is 1.35 bits per heavy atom. The maximum Gasteiger partial charge on any atom is 0.224 e. The molecule has 1 aromatic rings. The highest BCUT2D eigenvalue weighted by Crippen LogP contribution is 2.22. The van der Waals surface area contributed by atoms with Crippen molar-refractivity contribution in [2.45, 2.75) is 30.4 Å². The third-order valence-corrected chi connectivity index (χ3v) is 3.11. The number of hydrogen-bond donors (Lipinski definition) is 2. The molecule has 0 saturated carbocycles. The van der Waals surface area contributed by atoms with Gasteiger partial charge in [0.2, 0.25) is 5.91 Å². The molecule has 0 aliphatic heterocycles. The van der Waals surface area contributed by atoms with Crippen molar-refractivity contribution >= 4 is 17.7 Å². The van der Waals surface area contributed by atoms with E-state index in [1.807, 2.05) is 24.3 Å². The van der Waals surface area contributed by atoms with Gasteiger partial charge in [-0.25, -0.2) is 0 Å². The van der Waals surface area contributed by atoms with E-state index in [0.29, 0.717) is 18.2 Å². The molecule has 0 bridgehead atoms. The van der Waals surface area contributed by atoms with Gasteiger partial charge in [0.15, 0.2) is 0 Å². The lowest BCUT2D eigenvalue weighted by Crippen LogP contribution is -2.27. The summed E-state index contributed by atoms with van der Waals surface area (Å²) in [7, 11) is 0. The molecule has 0 aliphatic rings. The van der Waals surface area contributed by atoms with Crippen LogP contribution in [0.3, 0.4) is 0 Å². The van der Waals surface area contributed by atoms with Gasteiger partial charge in [0.05, 0.1) is 13.0 Å². The summed E-state index contributed by atoms with van der Waals surface area (Å²) in [5.41, 5.74) is 0.994. The number of rotatable bonds is 6. The average molecular weight is 253 g/mol. The van der Waals surface area contributed by atoms with E-state index < -0.39 is 0 Å². The van der Waals surface area contributed by atoms with E-state index in [1.165, 1.54) is 4.90 Å². The quantitative estimate of drug-likeness (QED) is 0.761. The second kappa shape index (κ2) is 7.35. The Morgan fingerprint density at radius 2 is 2.00 bits per heavy atom. The second-order valence-electron chi connectivity index (χ2n) is 4.06. The summed E-state index contributed by atoms with van der Waals surface area (Å²) in [6.07, 6.45) is 0.368. The molecule has 0 unspecified atom stereocenters. The van der Waals surface area contributed by atoms with Gasteiger partial charge >= 0.3 is 0 Å². The molecule has 0 heterocycles. The molecule has 0 aliphatic carbocycles. The number of amides is 1. The molecule has 4 heteroatoms. The zero-order valence-electron chi connectivity index (χ0n) is 10.3. The third-order valence-electron chi connectivity index (χ3n) is 2.09. The second-order valence-corrected chi connectivity index (χ2v) is 5.71. The molecule has 1 rings (SSSR count). The number of aliphatic hydroxyl groups excluding tert-OH is 1. The highest BCUT2D eigenvalue weighted by Gasteiger charge is 2.03. The fraction of sp³-hybridized carbons (Fsp3) is 0.462. The molecule has 0 atom stereocenters. The molecular formula is C13H19NO2S. The topological polar surface area (TPSA) is 49.3 Å². The van der Waals surface area contributed by atoms with E-state index in [0.717, 1.165) is 5.56 Å². The van der Waals surface area contributed by atoms with Crippen molar-refractivity contribution in [3.8, 4) is 0 Å². The minimum atomic E-state index is -0.0525. The summed E-state index contributed by atoms with van der Waals surface area (Å²) in [4.78, 5) is 12.6. The summed E-state index contributed by atoms with van der Waals surface area (Å²) in [5, 5.41) is 11.8. The standard InChI is InChI=1S/C13H19NO2S/c1-10(2)17-12-5-3-11(4-6-12)9-13(16)14-7-8-15/h3-6,10,15H,7-9H2,1-2H3,(H,14,16). The van der Waals surface area contributed by atoms with Crippen LogP contribution in [0.1, 0.15) is 19.4 Å². The molecule has 0 fully saturated rings. The van der Waals surface area contributed by atoms with E-state index in [-0.39, 0.29) is 12.5 Å². The van der Waals surface area contributed by atoms with Gasteiger partial charge in [0, 0.05) is 16.7 Å². The molecule has 94 valence electrons. The molecule has 17 heavy (non-hydrogen) atoms. The van der Waals surface area contributed by atoms with E-state index in [9.17, 15) is 4.79 Å². The minimum absolute atomic E-state index is 0.0181. The average Bonchev–Trinajstić information content (AvgIpc) is 2.28. The van der Waals surface area contributed by atoms with Crippen molar-refractivity contribution in [2.75, 3.05) is 13.2 Å². The Morgan fingerprint density at radius 3 is 2.53 bits per heavy atom. The van der Waals surface area contributed by atoms with Crippen LogP contribution in [0, 0.1) is 0 Å². The van der Waals surface area contributed by atoms with E-state index in [4.69, 9.17) is 5.11 Å². The first-order chi connectivity index (χ1) is 8.11. The van der Waals surface area contributed by atoms with Gasteiger partial charge in [-0.2, -0.15) is 0 Å². The van der Waals surface area contributed by atoms with Crippen LogP contribution in [-0.4, -0.2) is 29.4 Å². The van der Waals surface area contributed by atoms with Gasteiger partial charge in [-0.15, -0.1) is 11.8 Å². The SMILES string of the molecule is CC(C)Sc1ccc(CC(=O)NCCO)cc1. The number of carbonyl (C=O) groups is 1. The number of hydrogen-bond acceptors (Lipinski definition) is 3. The van der Waals surface area contributed by atoms with Crippen molar-refractivity contribution in [1.82, 2.24) is 5.32 Å². The summed E-state index contributed by atoms with van der Waals surface area (Å²) < 4.78 is 0. The molecule has 1 aromatic carbocycles. The summed E-state index contributed by atoms with van der Waals surface area (Å²) in [5.74, 6) is -0.0525. The van der Waals surface area contributed by atoms with Crippen LogP contribution < -0.4 is 5.32 Å². The highest BCUT2D eigenvalue weighted by atomic mass is 32.2. The molecule has 1 amide bonds. The van der Waals surface area contributed by atoms with E-state index in [2.05, 4.69) is 19.2 Å². The molecule has 0 saturated heterocycles. The van der Waals surface area contributed by atoms with Gasteiger partial charge in [-0.1, -0.05) is 26.0 Å². The maximum atomic E-state index is 11.4. The van der Waals surface area contributed by atoms with Crippen molar-refractivity contribution < 1.29 is 9.90 Å². The van der Waals surface area contributed by atoms with Gasteiger partial charge in [0.25, 0.3) is 0 Å². The molecular weight excluding hydrogens is 234 g/mol. The number of carbonyl (C=O) groups excluding carboxylic acids is 1. The normalized spacial score (nSPS) is 10.6. The Bertz CT molecular complexity index is 349. The van der Waals surface area contributed by atoms with Gasteiger partial charge in [-0.3, -0.25) is 4.79 Å². The Labute approximate surface area is 107 Å². The van der Waals surface area contributed by atoms with Crippen LogP contribution >= 0.6 is 11.8 Å². The first-order valence-corrected chi connectivity index (χ1v) is 6.63. The fourth-order valence-corrected chi connectivity index (χ4v) is 2.24. The monoisotopic (exact) mass is 253 g/mol. The summed E-state index contributed by atoms with van der Waals surface area (Å²) >= 11 is 1.81. The molecule has 3 nitrogen and oxygen atoms in total. The predicted molar refractivity (Wildman–Crippen MR) is 71.2 cm³/mol. The van der Waals surface area contributed by atoms with Gasteiger partial charge in [0.1, 0.15) is 0 Å². The zero-order chi connectivity index (χ0) is 12.7. The van der Waals surface area contributed by atoms with Crippen LogP contribution in [0.25, 0.3) is 0 Å². The third kappa shape index (κ3) is 5.75. The first kappa shape index (κ1) is 14.1. The summed E-state index contributed by atoms with van der Waals surface area (Å²) in [6, 6.07) is 8.03. The Kier molecular flexibility index (Phi) is 6.08. The number of nitrogens with one attached hydrogen (secondary N) is 1. The summed E-state index contributed by atoms with van der Waals surface area (Å²) in [6.45, 7) is 4.61. The molecule has 2 N–H and O–H groups in total.